The lowest BCUT2D eigenvalue weighted by Crippen LogP contribution is -2.14. The van der Waals surface area contributed by atoms with Gasteiger partial charge in [0, 0.05) is 10.9 Å². The van der Waals surface area contributed by atoms with Crippen molar-refractivity contribution in [3.05, 3.63) is 65.8 Å². The molecular weight excluding hydrogens is 360 g/mol. The van der Waals surface area contributed by atoms with E-state index in [2.05, 4.69) is 20.3 Å². The zero-order valence-electron chi connectivity index (χ0n) is 14.5. The maximum absolute atomic E-state index is 12.5. The number of thiazole rings is 1. The Morgan fingerprint density at radius 1 is 1.07 bits per heavy atom. The van der Waals surface area contributed by atoms with Gasteiger partial charge in [-0.1, -0.05) is 12.1 Å². The highest BCUT2D eigenvalue weighted by molar-refractivity contribution is 7.14. The number of carbonyl (C=O) groups is 1. The van der Waals surface area contributed by atoms with Gasteiger partial charge in [0.1, 0.15) is 11.4 Å². The third kappa shape index (κ3) is 3.78. The number of carbonyl (C=O) groups excluding carboxylic acids is 1. The number of amides is 1. The highest BCUT2D eigenvalue weighted by Crippen LogP contribution is 2.26. The van der Waals surface area contributed by atoms with E-state index in [0.29, 0.717) is 17.3 Å². The molecule has 0 aliphatic rings. The van der Waals surface area contributed by atoms with Gasteiger partial charge < -0.3 is 4.74 Å². The zero-order chi connectivity index (χ0) is 18.6. The van der Waals surface area contributed by atoms with Crippen LogP contribution in [0.2, 0.25) is 0 Å². The van der Waals surface area contributed by atoms with Crippen LogP contribution < -0.4 is 10.1 Å². The average molecular weight is 376 g/mol. The number of rotatable bonds is 5. The van der Waals surface area contributed by atoms with E-state index in [4.69, 9.17) is 4.74 Å². The normalized spacial score (nSPS) is 10.7. The van der Waals surface area contributed by atoms with Gasteiger partial charge >= 0.3 is 0 Å². The number of anilines is 1. The van der Waals surface area contributed by atoms with E-state index in [0.717, 1.165) is 22.5 Å². The first-order valence-corrected chi connectivity index (χ1v) is 9.33. The fourth-order valence-corrected chi connectivity index (χ4v) is 3.29. The summed E-state index contributed by atoms with van der Waals surface area (Å²) in [6, 6.07) is 15.1. The molecule has 1 N–H and O–H groups in total. The van der Waals surface area contributed by atoms with Crippen molar-refractivity contribution in [1.82, 2.24) is 15.0 Å². The number of para-hydroxylation sites is 2. The summed E-state index contributed by atoms with van der Waals surface area (Å²) < 4.78 is 5.45. The fourth-order valence-electron chi connectivity index (χ4n) is 2.58. The van der Waals surface area contributed by atoms with E-state index in [9.17, 15) is 4.79 Å². The van der Waals surface area contributed by atoms with Crippen LogP contribution in [0.5, 0.6) is 5.75 Å². The Bertz CT molecular complexity index is 1090. The molecule has 0 unspecified atom stereocenters. The Labute approximate surface area is 159 Å². The summed E-state index contributed by atoms with van der Waals surface area (Å²) >= 11 is 1.36. The SMILES string of the molecule is CCOc1ccc(-c2csc(NC(=O)c3cnc4ccccc4n3)n2)cc1. The van der Waals surface area contributed by atoms with Crippen LogP contribution in [0.1, 0.15) is 17.4 Å². The second kappa shape index (κ2) is 7.51. The van der Waals surface area contributed by atoms with Gasteiger partial charge in [-0.25, -0.2) is 9.97 Å². The summed E-state index contributed by atoms with van der Waals surface area (Å²) in [6.45, 7) is 2.58. The van der Waals surface area contributed by atoms with Gasteiger partial charge in [0.05, 0.1) is 29.5 Å². The Balaban J connectivity index is 1.50. The third-order valence-corrected chi connectivity index (χ3v) is 4.62. The van der Waals surface area contributed by atoms with Crippen molar-refractivity contribution >= 4 is 33.4 Å². The minimum absolute atomic E-state index is 0.256. The molecule has 2 aromatic heterocycles. The van der Waals surface area contributed by atoms with E-state index in [1.165, 1.54) is 17.5 Å². The number of hydrogen-bond acceptors (Lipinski definition) is 6. The molecule has 7 heteroatoms. The molecule has 6 nitrogen and oxygen atoms in total. The summed E-state index contributed by atoms with van der Waals surface area (Å²) in [5.41, 5.74) is 3.44. The maximum Gasteiger partial charge on any atom is 0.277 e. The van der Waals surface area contributed by atoms with Crippen molar-refractivity contribution in [2.75, 3.05) is 11.9 Å². The standard InChI is InChI=1S/C20H16N4O2S/c1-2-26-14-9-7-13(8-10-14)18-12-27-20(23-18)24-19(25)17-11-21-15-5-3-4-6-16(15)22-17/h3-12H,2H2,1H3,(H,23,24,25). The first kappa shape index (κ1) is 17.1. The van der Waals surface area contributed by atoms with Crippen molar-refractivity contribution in [3.8, 4) is 17.0 Å². The lowest BCUT2D eigenvalue weighted by molar-refractivity contribution is 0.102. The molecule has 0 bridgehead atoms. The highest BCUT2D eigenvalue weighted by atomic mass is 32.1. The molecule has 1 amide bonds. The molecule has 0 aliphatic carbocycles. The molecule has 0 saturated heterocycles. The van der Waals surface area contributed by atoms with Gasteiger partial charge in [-0.05, 0) is 43.3 Å². The Morgan fingerprint density at radius 3 is 2.63 bits per heavy atom. The maximum atomic E-state index is 12.5. The van der Waals surface area contributed by atoms with Gasteiger partial charge in [0.25, 0.3) is 5.91 Å². The monoisotopic (exact) mass is 376 g/mol. The minimum Gasteiger partial charge on any atom is -0.494 e. The predicted octanol–water partition coefficient (Wildman–Crippen LogP) is 4.40. The van der Waals surface area contributed by atoms with E-state index in [1.807, 2.05) is 60.8 Å². The molecule has 0 spiro atoms. The average Bonchev–Trinajstić information content (AvgIpc) is 3.17. The summed E-state index contributed by atoms with van der Waals surface area (Å²) in [7, 11) is 0. The van der Waals surface area contributed by atoms with Gasteiger partial charge in [-0.15, -0.1) is 11.3 Å². The number of benzene rings is 2. The number of fused-ring (bicyclic) bond motifs is 1. The Hall–Kier alpha value is -3.32. The molecule has 2 heterocycles. The zero-order valence-corrected chi connectivity index (χ0v) is 15.4. The van der Waals surface area contributed by atoms with Gasteiger partial charge in [0.2, 0.25) is 0 Å². The highest BCUT2D eigenvalue weighted by Gasteiger charge is 2.12. The van der Waals surface area contributed by atoms with Crippen molar-refractivity contribution in [3.63, 3.8) is 0 Å². The molecule has 27 heavy (non-hydrogen) atoms. The second-order valence-corrected chi connectivity index (χ2v) is 6.55. The van der Waals surface area contributed by atoms with Gasteiger partial charge in [0.15, 0.2) is 5.13 Å². The van der Waals surface area contributed by atoms with E-state index in [1.54, 1.807) is 0 Å². The first-order valence-electron chi connectivity index (χ1n) is 8.45. The molecule has 0 radical (unpaired) electrons. The van der Waals surface area contributed by atoms with Gasteiger partial charge in [-0.3, -0.25) is 15.1 Å². The molecule has 0 aliphatic heterocycles. The quantitative estimate of drug-likeness (QED) is 0.558. The van der Waals surface area contributed by atoms with Crippen LogP contribution in [-0.2, 0) is 0 Å². The molecule has 0 saturated carbocycles. The predicted molar refractivity (Wildman–Crippen MR) is 106 cm³/mol. The van der Waals surface area contributed by atoms with Crippen LogP contribution in [0.15, 0.2) is 60.1 Å². The van der Waals surface area contributed by atoms with Crippen LogP contribution in [0, 0.1) is 0 Å². The number of nitrogens with one attached hydrogen (secondary N) is 1. The molecule has 2 aromatic carbocycles. The lowest BCUT2D eigenvalue weighted by atomic mass is 10.2. The van der Waals surface area contributed by atoms with Crippen LogP contribution in [0.25, 0.3) is 22.3 Å². The number of ether oxygens (including phenoxy) is 1. The molecule has 0 fully saturated rings. The van der Waals surface area contributed by atoms with Crippen molar-refractivity contribution in [1.29, 1.82) is 0 Å². The Kier molecular flexibility index (Phi) is 4.76. The van der Waals surface area contributed by atoms with Crippen LogP contribution in [0.3, 0.4) is 0 Å². The summed E-state index contributed by atoms with van der Waals surface area (Å²) in [4.78, 5) is 25.6. The first-order chi connectivity index (χ1) is 13.2. The summed E-state index contributed by atoms with van der Waals surface area (Å²) in [5, 5.41) is 5.20. The molecule has 134 valence electrons. The number of nitrogens with zero attached hydrogens (tertiary/aromatic N) is 3. The number of aromatic nitrogens is 3. The van der Waals surface area contributed by atoms with E-state index in [-0.39, 0.29) is 11.6 Å². The Morgan fingerprint density at radius 2 is 1.85 bits per heavy atom. The minimum atomic E-state index is -0.333. The number of hydrogen-bond donors (Lipinski definition) is 1. The topological polar surface area (TPSA) is 77.0 Å². The van der Waals surface area contributed by atoms with Crippen LogP contribution >= 0.6 is 11.3 Å². The van der Waals surface area contributed by atoms with Crippen molar-refractivity contribution < 1.29 is 9.53 Å². The molecule has 4 rings (SSSR count). The van der Waals surface area contributed by atoms with Crippen LogP contribution in [0.4, 0.5) is 5.13 Å². The molecule has 4 aromatic rings. The van der Waals surface area contributed by atoms with E-state index >= 15 is 0 Å². The summed E-state index contributed by atoms with van der Waals surface area (Å²) in [6.07, 6.45) is 1.47. The van der Waals surface area contributed by atoms with Crippen LogP contribution in [-0.4, -0.2) is 27.5 Å². The summed E-state index contributed by atoms with van der Waals surface area (Å²) in [5.74, 6) is 0.487. The smallest absolute Gasteiger partial charge is 0.277 e. The van der Waals surface area contributed by atoms with E-state index < -0.39 is 0 Å². The third-order valence-electron chi connectivity index (χ3n) is 3.87. The second-order valence-electron chi connectivity index (χ2n) is 5.69. The molecular formula is C20H16N4O2S. The van der Waals surface area contributed by atoms with Crippen molar-refractivity contribution in [2.24, 2.45) is 0 Å². The van der Waals surface area contributed by atoms with Crippen molar-refractivity contribution in [2.45, 2.75) is 6.92 Å². The fraction of sp³-hybridized carbons (Fsp3) is 0.100. The molecule has 0 atom stereocenters. The lowest BCUT2D eigenvalue weighted by Gasteiger charge is -2.03. The van der Waals surface area contributed by atoms with Gasteiger partial charge in [-0.2, -0.15) is 0 Å². The largest absolute Gasteiger partial charge is 0.494 e.